The second-order valence-corrected chi connectivity index (χ2v) is 5.32. The number of hydrogen-bond acceptors (Lipinski definition) is 1. The Morgan fingerprint density at radius 1 is 0.947 bits per heavy atom. The third-order valence-corrected chi connectivity index (χ3v) is 3.93. The number of benzene rings is 1. The molecule has 1 nitrogen and oxygen atoms in total. The zero-order chi connectivity index (χ0) is 13.9. The summed E-state index contributed by atoms with van der Waals surface area (Å²) in [4.78, 5) is 0. The van der Waals surface area contributed by atoms with Crippen molar-refractivity contribution in [2.75, 3.05) is 0 Å². The molecule has 1 aromatic carbocycles. The first-order valence-electron chi connectivity index (χ1n) is 6.84. The van der Waals surface area contributed by atoms with E-state index in [0.29, 0.717) is 5.56 Å². The lowest BCUT2D eigenvalue weighted by molar-refractivity contribution is -0.137. The molecule has 1 N–H and O–H groups in total. The van der Waals surface area contributed by atoms with Gasteiger partial charge in [0, 0.05) is 0 Å². The smallest absolute Gasteiger partial charge is 0.388 e. The molecule has 19 heavy (non-hydrogen) atoms. The molecule has 4 heteroatoms. The predicted octanol–water partition coefficient (Wildman–Crippen LogP) is 4.71. The third-order valence-electron chi connectivity index (χ3n) is 3.93. The van der Waals surface area contributed by atoms with Crippen molar-refractivity contribution in [2.45, 2.75) is 50.8 Å². The van der Waals surface area contributed by atoms with Crippen molar-refractivity contribution in [1.29, 1.82) is 0 Å². The minimum Gasteiger partial charge on any atom is -0.388 e. The van der Waals surface area contributed by atoms with Gasteiger partial charge in [0.15, 0.2) is 0 Å². The van der Waals surface area contributed by atoms with E-state index in [-0.39, 0.29) is 5.92 Å². The second kappa shape index (κ2) is 5.95. The highest BCUT2D eigenvalue weighted by Gasteiger charge is 2.30. The summed E-state index contributed by atoms with van der Waals surface area (Å²) in [6.45, 7) is 0. The first-order valence-corrected chi connectivity index (χ1v) is 6.84. The van der Waals surface area contributed by atoms with Gasteiger partial charge in [-0.15, -0.1) is 0 Å². The molecular formula is C15H19F3O. The predicted molar refractivity (Wildman–Crippen MR) is 67.6 cm³/mol. The number of halogens is 3. The summed E-state index contributed by atoms with van der Waals surface area (Å²) >= 11 is 0. The van der Waals surface area contributed by atoms with Crippen molar-refractivity contribution in [3.8, 4) is 0 Å². The molecule has 1 fully saturated rings. The maximum absolute atomic E-state index is 12.5. The molecule has 0 aromatic heterocycles. The molecule has 0 bridgehead atoms. The fourth-order valence-electron chi connectivity index (χ4n) is 2.77. The minimum absolute atomic E-state index is 0.180. The van der Waals surface area contributed by atoms with Gasteiger partial charge in [0.05, 0.1) is 11.7 Å². The highest BCUT2D eigenvalue weighted by molar-refractivity contribution is 5.26. The lowest BCUT2D eigenvalue weighted by Crippen LogP contribution is -2.12. The molecule has 106 valence electrons. The second-order valence-electron chi connectivity index (χ2n) is 5.32. The number of hydrogen-bond donors (Lipinski definition) is 1. The van der Waals surface area contributed by atoms with E-state index in [1.165, 1.54) is 25.0 Å². The van der Waals surface area contributed by atoms with Gasteiger partial charge in [-0.3, -0.25) is 0 Å². The third kappa shape index (κ3) is 3.72. The van der Waals surface area contributed by atoms with Crippen molar-refractivity contribution in [2.24, 2.45) is 5.92 Å². The van der Waals surface area contributed by atoms with Crippen LogP contribution in [-0.4, -0.2) is 5.11 Å². The van der Waals surface area contributed by atoms with Crippen LogP contribution >= 0.6 is 0 Å². The highest BCUT2D eigenvalue weighted by atomic mass is 19.4. The molecule has 0 spiro atoms. The van der Waals surface area contributed by atoms with Crippen molar-refractivity contribution >= 4 is 0 Å². The number of aliphatic hydroxyl groups excluding tert-OH is 1. The number of aliphatic hydroxyl groups is 1. The molecule has 2 rings (SSSR count). The van der Waals surface area contributed by atoms with Gasteiger partial charge in [-0.25, -0.2) is 0 Å². The van der Waals surface area contributed by atoms with Crippen LogP contribution in [0.25, 0.3) is 0 Å². The molecule has 1 saturated carbocycles. The molecule has 0 radical (unpaired) electrons. The van der Waals surface area contributed by atoms with Gasteiger partial charge in [0.1, 0.15) is 0 Å². The van der Waals surface area contributed by atoms with Crippen molar-refractivity contribution in [3.05, 3.63) is 35.4 Å². The molecule has 1 aliphatic rings. The molecule has 1 aliphatic carbocycles. The normalized spacial score (nSPS) is 20.0. The maximum Gasteiger partial charge on any atom is 0.416 e. The van der Waals surface area contributed by atoms with Gasteiger partial charge < -0.3 is 5.11 Å². The summed E-state index contributed by atoms with van der Waals surface area (Å²) < 4.78 is 37.4. The van der Waals surface area contributed by atoms with E-state index in [0.717, 1.165) is 37.8 Å². The average Bonchev–Trinajstić information content (AvgIpc) is 2.66. The van der Waals surface area contributed by atoms with Crippen LogP contribution in [0, 0.1) is 5.92 Å². The molecule has 1 aromatic rings. The van der Waals surface area contributed by atoms with E-state index in [2.05, 4.69) is 0 Å². The van der Waals surface area contributed by atoms with E-state index < -0.39 is 17.8 Å². The Balaban J connectivity index is 2.08. The fraction of sp³-hybridized carbons (Fsp3) is 0.600. The van der Waals surface area contributed by atoms with Gasteiger partial charge in [-0.2, -0.15) is 13.2 Å². The topological polar surface area (TPSA) is 20.2 Å². The largest absolute Gasteiger partial charge is 0.416 e. The lowest BCUT2D eigenvalue weighted by atomic mass is 9.89. The highest BCUT2D eigenvalue weighted by Crippen LogP contribution is 2.35. The Morgan fingerprint density at radius 2 is 1.47 bits per heavy atom. The summed E-state index contributed by atoms with van der Waals surface area (Å²) in [5, 5.41) is 10.3. The van der Waals surface area contributed by atoms with Crippen LogP contribution in [0.4, 0.5) is 13.2 Å². The Hall–Kier alpha value is -1.03. The molecular weight excluding hydrogens is 253 g/mol. The van der Waals surface area contributed by atoms with E-state index >= 15 is 0 Å². The van der Waals surface area contributed by atoms with E-state index in [4.69, 9.17) is 0 Å². The fourth-order valence-corrected chi connectivity index (χ4v) is 2.77. The van der Waals surface area contributed by atoms with E-state index in [1.54, 1.807) is 0 Å². The Kier molecular flexibility index (Phi) is 4.50. The summed E-state index contributed by atoms with van der Waals surface area (Å²) in [5.41, 5.74) is -0.0655. The van der Waals surface area contributed by atoms with Crippen LogP contribution in [-0.2, 0) is 6.18 Å². The van der Waals surface area contributed by atoms with Gasteiger partial charge >= 0.3 is 6.18 Å². The van der Waals surface area contributed by atoms with Crippen LogP contribution in [0.2, 0.25) is 0 Å². The number of rotatable bonds is 2. The van der Waals surface area contributed by atoms with Crippen LogP contribution in [0.15, 0.2) is 24.3 Å². The molecule has 1 unspecified atom stereocenters. The molecule has 0 heterocycles. The van der Waals surface area contributed by atoms with Crippen LogP contribution in [0.3, 0.4) is 0 Å². The number of alkyl halides is 3. The summed E-state index contributed by atoms with van der Waals surface area (Å²) in [5.74, 6) is 0.180. The molecule has 0 aliphatic heterocycles. The van der Waals surface area contributed by atoms with Crippen LogP contribution in [0.5, 0.6) is 0 Å². The lowest BCUT2D eigenvalue weighted by Gasteiger charge is -2.22. The summed E-state index contributed by atoms with van der Waals surface area (Å²) in [7, 11) is 0. The van der Waals surface area contributed by atoms with Crippen molar-refractivity contribution in [3.63, 3.8) is 0 Å². The van der Waals surface area contributed by atoms with E-state index in [9.17, 15) is 18.3 Å². The van der Waals surface area contributed by atoms with Crippen LogP contribution in [0.1, 0.15) is 55.8 Å². The Bertz CT molecular complexity index is 389. The SMILES string of the molecule is OC(c1ccc(C(F)(F)F)cc1)C1CCCCCC1. The Morgan fingerprint density at radius 3 is 1.95 bits per heavy atom. The van der Waals surface area contributed by atoms with Crippen molar-refractivity contribution < 1.29 is 18.3 Å². The standard InChI is InChI=1S/C15H19F3O/c16-15(17,18)13-9-7-12(8-10-13)14(19)11-5-3-1-2-4-6-11/h7-11,14,19H,1-6H2. The zero-order valence-corrected chi connectivity index (χ0v) is 10.8. The van der Waals surface area contributed by atoms with Gasteiger partial charge in [-0.1, -0.05) is 37.8 Å². The van der Waals surface area contributed by atoms with Gasteiger partial charge in [-0.05, 0) is 36.5 Å². The Labute approximate surface area is 111 Å². The van der Waals surface area contributed by atoms with Crippen molar-refractivity contribution in [1.82, 2.24) is 0 Å². The summed E-state index contributed by atoms with van der Waals surface area (Å²) in [6.07, 6.45) is 1.55. The molecule has 0 amide bonds. The van der Waals surface area contributed by atoms with Gasteiger partial charge in [0.2, 0.25) is 0 Å². The zero-order valence-electron chi connectivity index (χ0n) is 10.8. The molecule has 0 saturated heterocycles. The average molecular weight is 272 g/mol. The molecule has 1 atom stereocenters. The summed E-state index contributed by atoms with van der Waals surface area (Å²) in [6, 6.07) is 4.90. The maximum atomic E-state index is 12.5. The van der Waals surface area contributed by atoms with Gasteiger partial charge in [0.25, 0.3) is 0 Å². The first kappa shape index (κ1) is 14.4. The first-order chi connectivity index (χ1) is 8.98. The monoisotopic (exact) mass is 272 g/mol. The quantitative estimate of drug-likeness (QED) is 0.773. The van der Waals surface area contributed by atoms with E-state index in [1.807, 2.05) is 0 Å². The minimum atomic E-state index is -4.31. The van der Waals surface area contributed by atoms with Crippen LogP contribution < -0.4 is 0 Å².